The van der Waals surface area contributed by atoms with E-state index < -0.39 is 12.0 Å². The third-order valence-corrected chi connectivity index (χ3v) is 4.70. The summed E-state index contributed by atoms with van der Waals surface area (Å²) in [6.07, 6.45) is -1.96. The van der Waals surface area contributed by atoms with Gasteiger partial charge in [0.2, 0.25) is 5.82 Å². The number of benzene rings is 2. The molecular weight excluding hydrogens is 395 g/mol. The van der Waals surface area contributed by atoms with E-state index in [0.29, 0.717) is 18.1 Å². The molecule has 2 heterocycles. The number of nitrogens with zero attached hydrogens (tertiary/aromatic N) is 4. The molecule has 0 spiro atoms. The third-order valence-electron chi connectivity index (χ3n) is 4.70. The van der Waals surface area contributed by atoms with E-state index in [4.69, 9.17) is 4.74 Å². The Balaban J connectivity index is 1.67. The number of alkyl halides is 3. The van der Waals surface area contributed by atoms with Crippen LogP contribution in [0.3, 0.4) is 0 Å². The molecule has 154 valence electrons. The van der Waals surface area contributed by atoms with Crippen LogP contribution >= 0.6 is 0 Å². The van der Waals surface area contributed by atoms with Crippen LogP contribution in [0.25, 0.3) is 16.9 Å². The maximum Gasteiger partial charge on any atom is 0.450 e. The Bertz CT molecular complexity index is 1190. The molecule has 0 radical (unpaired) electrons. The summed E-state index contributed by atoms with van der Waals surface area (Å²) in [7, 11) is 1.44. The molecule has 0 bridgehead atoms. The van der Waals surface area contributed by atoms with E-state index in [1.54, 1.807) is 6.07 Å². The van der Waals surface area contributed by atoms with Gasteiger partial charge in [0.25, 0.3) is 0 Å². The van der Waals surface area contributed by atoms with Crippen LogP contribution in [0.4, 0.5) is 19.0 Å². The standard InChI is InChI=1S/C21H18F3N5O/c1-13-5-3-4-6-14(13)10-25-18-11-27-19(12-26-18)29-17-8-7-15(30-2)9-16(17)28-20(29)21(22,23)24/h3-9,11-12H,10H2,1-2H3,(H,25,26). The number of aromatic nitrogens is 4. The number of hydrogen-bond acceptors (Lipinski definition) is 5. The fourth-order valence-corrected chi connectivity index (χ4v) is 3.13. The lowest BCUT2D eigenvalue weighted by atomic mass is 10.1. The number of rotatable bonds is 5. The van der Waals surface area contributed by atoms with Crippen LogP contribution in [-0.4, -0.2) is 26.6 Å². The van der Waals surface area contributed by atoms with Crippen LogP contribution in [0, 0.1) is 6.92 Å². The number of anilines is 1. The summed E-state index contributed by atoms with van der Waals surface area (Å²) in [5.41, 5.74) is 2.64. The maximum atomic E-state index is 13.6. The lowest BCUT2D eigenvalue weighted by Gasteiger charge is -2.12. The Morgan fingerprint density at radius 1 is 1.07 bits per heavy atom. The van der Waals surface area contributed by atoms with E-state index in [2.05, 4.69) is 20.3 Å². The quantitative estimate of drug-likeness (QED) is 0.511. The van der Waals surface area contributed by atoms with Crippen molar-refractivity contribution >= 4 is 16.9 Å². The van der Waals surface area contributed by atoms with Gasteiger partial charge < -0.3 is 10.1 Å². The van der Waals surface area contributed by atoms with E-state index >= 15 is 0 Å². The minimum Gasteiger partial charge on any atom is -0.497 e. The van der Waals surface area contributed by atoms with Crippen molar-refractivity contribution in [1.82, 2.24) is 19.5 Å². The van der Waals surface area contributed by atoms with Crippen molar-refractivity contribution in [3.05, 3.63) is 71.8 Å². The first-order valence-corrected chi connectivity index (χ1v) is 9.11. The van der Waals surface area contributed by atoms with Gasteiger partial charge in [0.05, 0.1) is 30.5 Å². The molecule has 0 aliphatic carbocycles. The second-order valence-corrected chi connectivity index (χ2v) is 6.66. The van der Waals surface area contributed by atoms with E-state index in [0.717, 1.165) is 15.7 Å². The molecule has 0 amide bonds. The number of methoxy groups -OCH3 is 1. The summed E-state index contributed by atoms with van der Waals surface area (Å²) in [5, 5.41) is 3.13. The lowest BCUT2D eigenvalue weighted by Crippen LogP contribution is -2.15. The van der Waals surface area contributed by atoms with Crippen molar-refractivity contribution in [2.24, 2.45) is 0 Å². The molecule has 2 aromatic carbocycles. The van der Waals surface area contributed by atoms with Gasteiger partial charge in [0, 0.05) is 12.6 Å². The molecule has 9 heteroatoms. The topological polar surface area (TPSA) is 64.9 Å². The van der Waals surface area contributed by atoms with Crippen molar-refractivity contribution in [1.29, 1.82) is 0 Å². The fraction of sp³-hybridized carbons (Fsp3) is 0.190. The van der Waals surface area contributed by atoms with Crippen molar-refractivity contribution in [3.8, 4) is 11.6 Å². The van der Waals surface area contributed by atoms with Gasteiger partial charge in [-0.25, -0.2) is 15.0 Å². The van der Waals surface area contributed by atoms with Gasteiger partial charge in [-0.1, -0.05) is 24.3 Å². The molecular formula is C21H18F3N5O. The van der Waals surface area contributed by atoms with Gasteiger partial charge in [0.15, 0.2) is 5.82 Å². The molecule has 2 aromatic heterocycles. The highest BCUT2D eigenvalue weighted by atomic mass is 19.4. The Morgan fingerprint density at radius 3 is 2.53 bits per heavy atom. The number of nitrogens with one attached hydrogen (secondary N) is 1. The van der Waals surface area contributed by atoms with Gasteiger partial charge in [-0.05, 0) is 30.2 Å². The minimum absolute atomic E-state index is 0.0245. The zero-order valence-corrected chi connectivity index (χ0v) is 16.2. The van der Waals surface area contributed by atoms with Crippen LogP contribution in [0.2, 0.25) is 0 Å². The molecule has 0 aliphatic heterocycles. The van der Waals surface area contributed by atoms with E-state index in [1.807, 2.05) is 31.2 Å². The number of halogens is 3. The molecule has 0 atom stereocenters. The van der Waals surface area contributed by atoms with Gasteiger partial charge in [-0.2, -0.15) is 13.2 Å². The van der Waals surface area contributed by atoms with Gasteiger partial charge in [-0.15, -0.1) is 0 Å². The zero-order valence-electron chi connectivity index (χ0n) is 16.2. The number of imidazole rings is 1. The molecule has 1 N–H and O–H groups in total. The number of ether oxygens (including phenoxy) is 1. The third kappa shape index (κ3) is 3.78. The summed E-state index contributed by atoms with van der Waals surface area (Å²) < 4.78 is 46.9. The van der Waals surface area contributed by atoms with Crippen molar-refractivity contribution in [2.75, 3.05) is 12.4 Å². The van der Waals surface area contributed by atoms with Crippen molar-refractivity contribution in [2.45, 2.75) is 19.6 Å². The highest BCUT2D eigenvalue weighted by Crippen LogP contribution is 2.34. The number of hydrogen-bond donors (Lipinski definition) is 1. The van der Waals surface area contributed by atoms with Crippen LogP contribution < -0.4 is 10.1 Å². The van der Waals surface area contributed by atoms with Crippen LogP contribution in [0.15, 0.2) is 54.9 Å². The second-order valence-electron chi connectivity index (χ2n) is 6.66. The predicted octanol–water partition coefficient (Wildman–Crippen LogP) is 4.76. The van der Waals surface area contributed by atoms with E-state index in [1.165, 1.54) is 31.6 Å². The minimum atomic E-state index is -4.66. The highest BCUT2D eigenvalue weighted by Gasteiger charge is 2.38. The summed E-state index contributed by atoms with van der Waals surface area (Å²) in [6, 6.07) is 12.4. The molecule has 4 rings (SSSR count). The SMILES string of the molecule is COc1ccc2c(c1)nc(C(F)(F)F)n2-c1cnc(NCc2ccccc2C)cn1. The Hall–Kier alpha value is -3.62. The molecule has 0 aliphatic rings. The monoisotopic (exact) mass is 413 g/mol. The van der Waals surface area contributed by atoms with Crippen molar-refractivity contribution < 1.29 is 17.9 Å². The molecule has 0 saturated heterocycles. The Morgan fingerprint density at radius 2 is 1.87 bits per heavy atom. The van der Waals surface area contributed by atoms with Gasteiger partial charge >= 0.3 is 6.18 Å². The molecule has 0 unspecified atom stereocenters. The van der Waals surface area contributed by atoms with E-state index in [-0.39, 0.29) is 16.9 Å². The Labute approximate surface area is 170 Å². The summed E-state index contributed by atoms with van der Waals surface area (Å²) in [5.74, 6) is -0.165. The molecule has 6 nitrogen and oxygen atoms in total. The highest BCUT2D eigenvalue weighted by molar-refractivity contribution is 5.79. The predicted molar refractivity (Wildman–Crippen MR) is 107 cm³/mol. The van der Waals surface area contributed by atoms with Crippen LogP contribution in [0.1, 0.15) is 17.0 Å². The van der Waals surface area contributed by atoms with E-state index in [9.17, 15) is 13.2 Å². The van der Waals surface area contributed by atoms with Crippen molar-refractivity contribution in [3.63, 3.8) is 0 Å². The maximum absolute atomic E-state index is 13.6. The smallest absolute Gasteiger partial charge is 0.450 e. The first kappa shape index (κ1) is 19.7. The summed E-state index contributed by atoms with van der Waals surface area (Å²) in [6.45, 7) is 2.53. The normalized spacial score (nSPS) is 11.6. The Kier molecular flexibility index (Phi) is 5.03. The van der Waals surface area contributed by atoms with Crippen LogP contribution in [0.5, 0.6) is 5.75 Å². The average molecular weight is 413 g/mol. The molecule has 0 fully saturated rings. The first-order valence-electron chi connectivity index (χ1n) is 9.11. The molecule has 4 aromatic rings. The lowest BCUT2D eigenvalue weighted by molar-refractivity contribution is -0.145. The summed E-state index contributed by atoms with van der Waals surface area (Å²) in [4.78, 5) is 12.2. The van der Waals surface area contributed by atoms with Gasteiger partial charge in [-0.3, -0.25) is 4.57 Å². The first-order chi connectivity index (χ1) is 14.4. The number of fused-ring (bicyclic) bond motifs is 1. The van der Waals surface area contributed by atoms with Gasteiger partial charge in [0.1, 0.15) is 11.6 Å². The largest absolute Gasteiger partial charge is 0.497 e. The second kappa shape index (κ2) is 7.66. The fourth-order valence-electron chi connectivity index (χ4n) is 3.13. The zero-order chi connectivity index (χ0) is 21.3. The summed E-state index contributed by atoms with van der Waals surface area (Å²) >= 11 is 0. The van der Waals surface area contributed by atoms with Crippen LogP contribution in [-0.2, 0) is 12.7 Å². The number of aryl methyl sites for hydroxylation is 1. The molecule has 30 heavy (non-hydrogen) atoms. The molecule has 0 saturated carbocycles. The average Bonchev–Trinajstić information content (AvgIpc) is 3.13.